The van der Waals surface area contributed by atoms with Crippen LogP contribution in [0.1, 0.15) is 19.4 Å². The molecule has 1 aliphatic rings. The van der Waals surface area contributed by atoms with Gasteiger partial charge in [-0.3, -0.25) is 4.99 Å². The lowest BCUT2D eigenvalue weighted by atomic mass is 9.89. The summed E-state index contributed by atoms with van der Waals surface area (Å²) in [5.74, 6) is 0.920. The topological polar surface area (TPSA) is 54.7 Å². The maximum absolute atomic E-state index is 5.32. The SMILES string of the molecule is CCNC(=NCC1(C)COC1)N(C)Cc1cnn(-c2ccccc2)c1.I. The molecule has 1 fully saturated rings. The smallest absolute Gasteiger partial charge is 0.193 e. The average Bonchev–Trinajstić information content (AvgIpc) is 3.06. The number of benzene rings is 1. The van der Waals surface area contributed by atoms with E-state index in [1.807, 2.05) is 41.2 Å². The molecular weight excluding hydrogens is 441 g/mol. The Morgan fingerprint density at radius 2 is 2.08 bits per heavy atom. The molecule has 142 valence electrons. The fourth-order valence-corrected chi connectivity index (χ4v) is 2.79. The van der Waals surface area contributed by atoms with Crippen LogP contribution in [0.25, 0.3) is 5.69 Å². The second-order valence-electron chi connectivity index (χ2n) is 6.96. The van der Waals surface area contributed by atoms with Gasteiger partial charge in [0.1, 0.15) is 0 Å². The molecule has 1 N–H and O–H groups in total. The Balaban J connectivity index is 0.00000243. The molecule has 0 aliphatic carbocycles. The van der Waals surface area contributed by atoms with E-state index in [9.17, 15) is 0 Å². The molecule has 2 heterocycles. The maximum Gasteiger partial charge on any atom is 0.193 e. The number of nitrogens with one attached hydrogen (secondary N) is 1. The molecule has 0 spiro atoms. The fraction of sp³-hybridized carbons (Fsp3) is 0.474. The summed E-state index contributed by atoms with van der Waals surface area (Å²) in [6, 6.07) is 10.1. The molecule has 1 saturated heterocycles. The van der Waals surface area contributed by atoms with E-state index in [1.165, 1.54) is 0 Å². The first kappa shape index (κ1) is 20.7. The molecule has 0 atom stereocenters. The summed E-state index contributed by atoms with van der Waals surface area (Å²) in [6.07, 6.45) is 3.98. The van der Waals surface area contributed by atoms with Crippen LogP contribution in [0.5, 0.6) is 0 Å². The van der Waals surface area contributed by atoms with Gasteiger partial charge in [-0.25, -0.2) is 4.68 Å². The molecule has 6 nitrogen and oxygen atoms in total. The van der Waals surface area contributed by atoms with Gasteiger partial charge >= 0.3 is 0 Å². The maximum atomic E-state index is 5.32. The van der Waals surface area contributed by atoms with Gasteiger partial charge in [0, 0.05) is 37.3 Å². The van der Waals surface area contributed by atoms with Crippen molar-refractivity contribution in [3.05, 3.63) is 48.3 Å². The zero-order chi connectivity index (χ0) is 17.7. The van der Waals surface area contributed by atoms with Gasteiger partial charge in [0.2, 0.25) is 0 Å². The van der Waals surface area contributed by atoms with Gasteiger partial charge in [0.25, 0.3) is 0 Å². The minimum atomic E-state index is 0. The number of hydrogen-bond acceptors (Lipinski definition) is 3. The highest BCUT2D eigenvalue weighted by Gasteiger charge is 2.33. The van der Waals surface area contributed by atoms with E-state index in [4.69, 9.17) is 9.73 Å². The number of halogens is 1. The van der Waals surface area contributed by atoms with Crippen molar-refractivity contribution in [1.29, 1.82) is 0 Å². The molecule has 3 rings (SSSR count). The van der Waals surface area contributed by atoms with E-state index >= 15 is 0 Å². The molecule has 1 aliphatic heterocycles. The Morgan fingerprint density at radius 1 is 1.35 bits per heavy atom. The van der Waals surface area contributed by atoms with Crippen LogP contribution < -0.4 is 5.32 Å². The van der Waals surface area contributed by atoms with Crippen molar-refractivity contribution < 1.29 is 4.74 Å². The van der Waals surface area contributed by atoms with Crippen LogP contribution in [0.3, 0.4) is 0 Å². The number of nitrogens with zero attached hydrogens (tertiary/aromatic N) is 4. The Bertz CT molecular complexity index is 712. The third-order valence-corrected chi connectivity index (χ3v) is 4.28. The van der Waals surface area contributed by atoms with Crippen molar-refractivity contribution in [3.8, 4) is 5.69 Å². The second kappa shape index (κ2) is 9.36. The summed E-state index contributed by atoms with van der Waals surface area (Å²) in [4.78, 5) is 6.93. The fourth-order valence-electron chi connectivity index (χ4n) is 2.79. The lowest BCUT2D eigenvalue weighted by molar-refractivity contribution is -0.0946. The molecule has 7 heteroatoms. The Labute approximate surface area is 172 Å². The van der Waals surface area contributed by atoms with Gasteiger partial charge in [-0.05, 0) is 19.1 Å². The highest BCUT2D eigenvalue weighted by molar-refractivity contribution is 14.0. The largest absolute Gasteiger partial charge is 0.380 e. The Morgan fingerprint density at radius 3 is 2.69 bits per heavy atom. The van der Waals surface area contributed by atoms with Crippen LogP contribution >= 0.6 is 24.0 Å². The van der Waals surface area contributed by atoms with Gasteiger partial charge in [-0.1, -0.05) is 25.1 Å². The highest BCUT2D eigenvalue weighted by Crippen LogP contribution is 2.26. The number of para-hydroxylation sites is 1. The number of rotatable bonds is 6. The first-order valence-electron chi connectivity index (χ1n) is 8.76. The number of aliphatic imine (C=N–C) groups is 1. The van der Waals surface area contributed by atoms with Crippen molar-refractivity contribution in [2.75, 3.05) is 33.4 Å². The molecule has 0 saturated carbocycles. The van der Waals surface area contributed by atoms with Crippen LogP contribution in [-0.4, -0.2) is 54.0 Å². The van der Waals surface area contributed by atoms with E-state index in [0.717, 1.165) is 50.1 Å². The summed E-state index contributed by atoms with van der Waals surface area (Å²) in [6.45, 7) is 8.28. The minimum Gasteiger partial charge on any atom is -0.380 e. The van der Waals surface area contributed by atoms with Crippen molar-refractivity contribution in [1.82, 2.24) is 20.0 Å². The average molecular weight is 469 g/mol. The van der Waals surface area contributed by atoms with Crippen LogP contribution in [0.4, 0.5) is 0 Å². The normalized spacial score (nSPS) is 15.7. The molecule has 2 aromatic rings. The van der Waals surface area contributed by atoms with Crippen LogP contribution in [0, 0.1) is 5.41 Å². The van der Waals surface area contributed by atoms with E-state index < -0.39 is 0 Å². The molecule has 0 amide bonds. The first-order valence-corrected chi connectivity index (χ1v) is 8.76. The lowest BCUT2D eigenvalue weighted by Crippen LogP contribution is -2.44. The predicted octanol–water partition coefficient (Wildman–Crippen LogP) is 2.92. The number of ether oxygens (including phenoxy) is 1. The molecule has 0 radical (unpaired) electrons. The van der Waals surface area contributed by atoms with Gasteiger partial charge in [-0.15, -0.1) is 24.0 Å². The lowest BCUT2D eigenvalue weighted by Gasteiger charge is -2.37. The monoisotopic (exact) mass is 469 g/mol. The second-order valence-corrected chi connectivity index (χ2v) is 6.96. The quantitative estimate of drug-likeness (QED) is 0.402. The number of aromatic nitrogens is 2. The van der Waals surface area contributed by atoms with Crippen molar-refractivity contribution in [3.63, 3.8) is 0 Å². The molecule has 1 aromatic carbocycles. The van der Waals surface area contributed by atoms with Gasteiger partial charge in [0.15, 0.2) is 5.96 Å². The zero-order valence-corrected chi connectivity index (χ0v) is 18.0. The summed E-state index contributed by atoms with van der Waals surface area (Å²) in [5.41, 5.74) is 2.39. The molecule has 0 bridgehead atoms. The standard InChI is InChI=1S/C19H27N5O.HI/c1-4-20-18(21-13-19(2)14-25-15-19)23(3)11-16-10-22-24(12-16)17-8-6-5-7-9-17;/h5-10,12H,4,11,13-15H2,1-3H3,(H,20,21);1H. The van der Waals surface area contributed by atoms with Crippen LogP contribution in [0.15, 0.2) is 47.7 Å². The minimum absolute atomic E-state index is 0. The van der Waals surface area contributed by atoms with E-state index in [1.54, 1.807) is 0 Å². The van der Waals surface area contributed by atoms with E-state index in [-0.39, 0.29) is 29.4 Å². The van der Waals surface area contributed by atoms with Crippen molar-refractivity contribution in [2.45, 2.75) is 20.4 Å². The summed E-state index contributed by atoms with van der Waals surface area (Å²) < 4.78 is 7.22. The number of hydrogen-bond donors (Lipinski definition) is 1. The third-order valence-electron chi connectivity index (χ3n) is 4.28. The van der Waals surface area contributed by atoms with E-state index in [2.05, 4.69) is 42.4 Å². The van der Waals surface area contributed by atoms with Crippen LogP contribution in [0.2, 0.25) is 0 Å². The van der Waals surface area contributed by atoms with Crippen molar-refractivity contribution in [2.24, 2.45) is 10.4 Å². The highest BCUT2D eigenvalue weighted by atomic mass is 127. The Hall–Kier alpha value is -1.61. The number of guanidine groups is 1. The van der Waals surface area contributed by atoms with Crippen molar-refractivity contribution >= 4 is 29.9 Å². The predicted molar refractivity (Wildman–Crippen MR) is 115 cm³/mol. The molecule has 26 heavy (non-hydrogen) atoms. The van der Waals surface area contributed by atoms with Gasteiger partial charge in [-0.2, -0.15) is 5.10 Å². The first-order chi connectivity index (χ1) is 12.1. The summed E-state index contributed by atoms with van der Waals surface area (Å²) in [7, 11) is 2.06. The summed E-state index contributed by atoms with van der Waals surface area (Å²) >= 11 is 0. The third kappa shape index (κ3) is 5.20. The molecular formula is C19H28IN5O. The van der Waals surface area contributed by atoms with Gasteiger partial charge in [0.05, 0.1) is 31.6 Å². The Kier molecular flexibility index (Phi) is 7.45. The summed E-state index contributed by atoms with van der Waals surface area (Å²) in [5, 5.41) is 7.84. The molecule has 0 unspecified atom stereocenters. The molecule has 1 aromatic heterocycles. The van der Waals surface area contributed by atoms with Crippen LogP contribution in [-0.2, 0) is 11.3 Å². The van der Waals surface area contributed by atoms with E-state index in [0.29, 0.717) is 0 Å². The van der Waals surface area contributed by atoms with Gasteiger partial charge < -0.3 is 15.0 Å². The zero-order valence-electron chi connectivity index (χ0n) is 15.7.